The Labute approximate surface area is 138 Å². The highest BCUT2D eigenvalue weighted by Crippen LogP contribution is 2.28. The molecular weight excluding hydrogens is 368 g/mol. The number of nitrogens with zero attached hydrogens (tertiary/aromatic N) is 6. The molecule has 0 N–H and O–H groups in total. The molecule has 0 spiro atoms. The van der Waals surface area contributed by atoms with Crippen molar-refractivity contribution in [3.63, 3.8) is 0 Å². The number of para-hydroxylation sites is 1. The zero-order valence-electron chi connectivity index (χ0n) is 11.7. The topological polar surface area (TPSA) is 60.9 Å². The van der Waals surface area contributed by atoms with Crippen LogP contribution < -0.4 is 0 Å². The van der Waals surface area contributed by atoms with E-state index in [2.05, 4.69) is 36.1 Å². The number of aryl methyl sites for hydroxylation is 1. The third kappa shape index (κ3) is 1.85. The van der Waals surface area contributed by atoms with Crippen molar-refractivity contribution in [3.05, 3.63) is 39.8 Å². The van der Waals surface area contributed by atoms with Crippen molar-refractivity contribution >= 4 is 44.1 Å². The van der Waals surface area contributed by atoms with Gasteiger partial charge in [-0.15, -0.1) is 5.10 Å². The average Bonchev–Trinajstić information content (AvgIpc) is 3.06. The van der Waals surface area contributed by atoms with E-state index in [-0.39, 0.29) is 5.28 Å². The van der Waals surface area contributed by atoms with Crippen LogP contribution in [0.5, 0.6) is 0 Å². The molecule has 0 bridgehead atoms. The van der Waals surface area contributed by atoms with Crippen LogP contribution in [0.15, 0.2) is 28.9 Å². The summed E-state index contributed by atoms with van der Waals surface area (Å²) in [7, 11) is 1.88. The standard InChI is InChI=1S/C14H10BrClN6/c1-7-9(6-17-21(7)2)12-19-13-8-4-3-5-10(15)11(8)18-14(16)22(13)20-12/h3-6H,1-2H3. The third-order valence-corrected chi connectivity index (χ3v) is 4.57. The van der Waals surface area contributed by atoms with Gasteiger partial charge >= 0.3 is 0 Å². The summed E-state index contributed by atoms with van der Waals surface area (Å²) in [4.78, 5) is 9.04. The zero-order chi connectivity index (χ0) is 15.4. The van der Waals surface area contributed by atoms with Crippen LogP contribution in [0.2, 0.25) is 5.28 Å². The van der Waals surface area contributed by atoms with E-state index in [0.717, 1.165) is 26.6 Å². The molecule has 0 aliphatic carbocycles. The molecular formula is C14H10BrClN6. The number of aromatic nitrogens is 6. The van der Waals surface area contributed by atoms with Crippen LogP contribution in [0.4, 0.5) is 0 Å². The number of hydrogen-bond donors (Lipinski definition) is 0. The van der Waals surface area contributed by atoms with Gasteiger partial charge in [0.15, 0.2) is 11.5 Å². The molecule has 0 fully saturated rings. The summed E-state index contributed by atoms with van der Waals surface area (Å²) < 4.78 is 4.21. The Bertz CT molecular complexity index is 1030. The maximum atomic E-state index is 6.26. The minimum absolute atomic E-state index is 0.273. The molecule has 3 heterocycles. The first-order valence-electron chi connectivity index (χ1n) is 6.55. The van der Waals surface area contributed by atoms with E-state index in [1.165, 1.54) is 0 Å². The Kier molecular flexibility index (Phi) is 2.95. The van der Waals surface area contributed by atoms with Crippen LogP contribution in [0.3, 0.4) is 0 Å². The second kappa shape index (κ2) is 4.76. The molecule has 0 amide bonds. The van der Waals surface area contributed by atoms with Gasteiger partial charge in [-0.05, 0) is 46.6 Å². The lowest BCUT2D eigenvalue weighted by atomic mass is 10.2. The van der Waals surface area contributed by atoms with Crippen molar-refractivity contribution in [1.29, 1.82) is 0 Å². The highest BCUT2D eigenvalue weighted by Gasteiger charge is 2.17. The lowest BCUT2D eigenvalue weighted by Gasteiger charge is -2.02. The van der Waals surface area contributed by atoms with E-state index >= 15 is 0 Å². The first-order valence-corrected chi connectivity index (χ1v) is 7.73. The van der Waals surface area contributed by atoms with Crippen molar-refractivity contribution in [3.8, 4) is 11.4 Å². The summed E-state index contributed by atoms with van der Waals surface area (Å²) in [6.45, 7) is 1.97. The first-order chi connectivity index (χ1) is 10.6. The lowest BCUT2D eigenvalue weighted by Crippen LogP contribution is -1.95. The summed E-state index contributed by atoms with van der Waals surface area (Å²) >= 11 is 9.75. The minimum atomic E-state index is 0.273. The van der Waals surface area contributed by atoms with Crippen LogP contribution in [0.25, 0.3) is 27.9 Å². The predicted molar refractivity (Wildman–Crippen MR) is 87.9 cm³/mol. The molecule has 4 rings (SSSR count). The lowest BCUT2D eigenvalue weighted by molar-refractivity contribution is 0.740. The van der Waals surface area contributed by atoms with Gasteiger partial charge in [0.2, 0.25) is 5.28 Å². The van der Waals surface area contributed by atoms with Crippen molar-refractivity contribution in [1.82, 2.24) is 29.4 Å². The number of fused-ring (bicyclic) bond motifs is 3. The Hall–Kier alpha value is -1.99. The number of benzene rings is 1. The van der Waals surface area contributed by atoms with Gasteiger partial charge in [0.05, 0.1) is 17.3 Å². The predicted octanol–water partition coefficient (Wildman–Crippen LogP) is 3.40. The van der Waals surface area contributed by atoms with E-state index in [0.29, 0.717) is 11.5 Å². The monoisotopic (exact) mass is 376 g/mol. The molecule has 0 saturated heterocycles. The fraction of sp³-hybridized carbons (Fsp3) is 0.143. The smallest absolute Gasteiger partial charge is 0.226 e. The Morgan fingerprint density at radius 1 is 1.23 bits per heavy atom. The fourth-order valence-corrected chi connectivity index (χ4v) is 3.05. The maximum Gasteiger partial charge on any atom is 0.226 e. The van der Waals surface area contributed by atoms with E-state index in [4.69, 9.17) is 11.6 Å². The van der Waals surface area contributed by atoms with Crippen LogP contribution in [0, 0.1) is 6.92 Å². The second-order valence-electron chi connectivity index (χ2n) is 4.95. The molecule has 1 aromatic carbocycles. The molecule has 0 saturated carbocycles. The summed E-state index contributed by atoms with van der Waals surface area (Å²) in [6.07, 6.45) is 1.75. The zero-order valence-corrected chi connectivity index (χ0v) is 14.1. The average molecular weight is 378 g/mol. The van der Waals surface area contributed by atoms with Gasteiger partial charge in [-0.1, -0.05) is 6.07 Å². The van der Waals surface area contributed by atoms with Crippen LogP contribution in [0.1, 0.15) is 5.69 Å². The fourth-order valence-electron chi connectivity index (χ4n) is 2.40. The molecule has 0 unspecified atom stereocenters. The van der Waals surface area contributed by atoms with Crippen molar-refractivity contribution in [2.45, 2.75) is 6.92 Å². The molecule has 22 heavy (non-hydrogen) atoms. The molecule has 0 aliphatic rings. The van der Waals surface area contributed by atoms with Crippen molar-refractivity contribution < 1.29 is 0 Å². The Morgan fingerprint density at radius 2 is 2.05 bits per heavy atom. The molecule has 4 aromatic rings. The highest BCUT2D eigenvalue weighted by molar-refractivity contribution is 9.10. The van der Waals surface area contributed by atoms with Crippen molar-refractivity contribution in [2.24, 2.45) is 7.05 Å². The normalized spacial score (nSPS) is 11.6. The molecule has 6 nitrogen and oxygen atoms in total. The summed E-state index contributed by atoms with van der Waals surface area (Å²) in [5.41, 5.74) is 3.31. The molecule has 0 radical (unpaired) electrons. The molecule has 110 valence electrons. The number of hydrogen-bond acceptors (Lipinski definition) is 4. The van der Waals surface area contributed by atoms with Gasteiger partial charge in [-0.25, -0.2) is 9.97 Å². The molecule has 8 heteroatoms. The van der Waals surface area contributed by atoms with Gasteiger partial charge in [0, 0.05) is 22.6 Å². The van der Waals surface area contributed by atoms with Gasteiger partial charge < -0.3 is 0 Å². The van der Waals surface area contributed by atoms with Gasteiger partial charge in [-0.3, -0.25) is 4.68 Å². The van der Waals surface area contributed by atoms with Gasteiger partial charge in [-0.2, -0.15) is 9.61 Å². The maximum absolute atomic E-state index is 6.26. The summed E-state index contributed by atoms with van der Waals surface area (Å²) in [5, 5.41) is 9.87. The molecule has 0 aliphatic heterocycles. The van der Waals surface area contributed by atoms with Crippen LogP contribution >= 0.6 is 27.5 Å². The van der Waals surface area contributed by atoms with E-state index in [9.17, 15) is 0 Å². The Morgan fingerprint density at radius 3 is 2.77 bits per heavy atom. The SMILES string of the molecule is Cc1c(-c2nc3c4cccc(Br)c4nc(Cl)n3n2)cnn1C. The van der Waals surface area contributed by atoms with E-state index < -0.39 is 0 Å². The summed E-state index contributed by atoms with van der Waals surface area (Å²) in [6, 6.07) is 5.81. The largest absolute Gasteiger partial charge is 0.272 e. The molecule has 3 aromatic heterocycles. The van der Waals surface area contributed by atoms with E-state index in [1.54, 1.807) is 15.4 Å². The quantitative estimate of drug-likeness (QED) is 0.477. The molecule has 0 atom stereocenters. The number of halogens is 2. The van der Waals surface area contributed by atoms with Gasteiger partial charge in [0.1, 0.15) is 0 Å². The second-order valence-corrected chi connectivity index (χ2v) is 6.15. The van der Waals surface area contributed by atoms with Crippen LogP contribution in [-0.4, -0.2) is 29.4 Å². The number of rotatable bonds is 1. The minimum Gasteiger partial charge on any atom is -0.272 e. The first kappa shape index (κ1) is 13.7. The van der Waals surface area contributed by atoms with E-state index in [1.807, 2.05) is 32.2 Å². The van der Waals surface area contributed by atoms with Crippen LogP contribution in [-0.2, 0) is 7.05 Å². The van der Waals surface area contributed by atoms with Gasteiger partial charge in [0.25, 0.3) is 0 Å². The highest BCUT2D eigenvalue weighted by atomic mass is 79.9. The third-order valence-electron chi connectivity index (χ3n) is 3.69. The summed E-state index contributed by atoms with van der Waals surface area (Å²) in [5.74, 6) is 0.585. The Balaban J connectivity index is 2.09. The van der Waals surface area contributed by atoms with Crippen molar-refractivity contribution in [2.75, 3.05) is 0 Å².